The molecule has 0 spiro atoms. The van der Waals surface area contributed by atoms with Crippen LogP contribution in [0.2, 0.25) is 0 Å². The standard InChI is InChI=1S/C18H25N3/c1-14-7-8-17(15(2)12-14)18(19)13-21(3)11-9-16-6-4-5-10-20-16/h4-8,10,12,18H,9,11,13,19H2,1-3H3. The van der Waals surface area contributed by atoms with Crippen LogP contribution in [0.3, 0.4) is 0 Å². The van der Waals surface area contributed by atoms with Crippen molar-refractivity contribution < 1.29 is 0 Å². The first kappa shape index (κ1) is 15.7. The molecule has 0 aliphatic heterocycles. The predicted octanol–water partition coefficient (Wildman–Crippen LogP) is 2.87. The first-order valence-corrected chi connectivity index (χ1v) is 7.47. The molecule has 1 heterocycles. The monoisotopic (exact) mass is 283 g/mol. The molecule has 1 aromatic carbocycles. The summed E-state index contributed by atoms with van der Waals surface area (Å²) in [5.41, 5.74) is 11.3. The Balaban J connectivity index is 1.88. The summed E-state index contributed by atoms with van der Waals surface area (Å²) in [6.07, 6.45) is 2.80. The predicted molar refractivity (Wildman–Crippen MR) is 88.3 cm³/mol. The lowest BCUT2D eigenvalue weighted by Gasteiger charge is -2.22. The molecule has 112 valence electrons. The number of aryl methyl sites for hydroxylation is 2. The fourth-order valence-corrected chi connectivity index (χ4v) is 2.62. The van der Waals surface area contributed by atoms with E-state index in [4.69, 9.17) is 5.73 Å². The van der Waals surface area contributed by atoms with E-state index in [1.165, 1.54) is 16.7 Å². The van der Waals surface area contributed by atoms with Gasteiger partial charge in [0.05, 0.1) is 0 Å². The van der Waals surface area contributed by atoms with Crippen molar-refractivity contribution in [2.24, 2.45) is 5.73 Å². The van der Waals surface area contributed by atoms with Crippen molar-refractivity contribution in [3.8, 4) is 0 Å². The van der Waals surface area contributed by atoms with E-state index in [-0.39, 0.29) is 6.04 Å². The van der Waals surface area contributed by atoms with Crippen LogP contribution in [0.1, 0.15) is 28.4 Å². The normalized spacial score (nSPS) is 12.6. The molecule has 21 heavy (non-hydrogen) atoms. The van der Waals surface area contributed by atoms with Gasteiger partial charge in [-0.25, -0.2) is 0 Å². The van der Waals surface area contributed by atoms with Gasteiger partial charge in [-0.05, 0) is 44.2 Å². The molecular weight excluding hydrogens is 258 g/mol. The summed E-state index contributed by atoms with van der Waals surface area (Å²) in [6, 6.07) is 12.6. The van der Waals surface area contributed by atoms with Crippen LogP contribution in [0.4, 0.5) is 0 Å². The van der Waals surface area contributed by atoms with Gasteiger partial charge in [-0.2, -0.15) is 0 Å². The van der Waals surface area contributed by atoms with Gasteiger partial charge < -0.3 is 10.6 Å². The van der Waals surface area contributed by atoms with Crippen molar-refractivity contribution in [3.63, 3.8) is 0 Å². The van der Waals surface area contributed by atoms with E-state index in [0.717, 1.165) is 25.2 Å². The van der Waals surface area contributed by atoms with Gasteiger partial charge in [0, 0.05) is 37.4 Å². The molecule has 3 nitrogen and oxygen atoms in total. The van der Waals surface area contributed by atoms with E-state index < -0.39 is 0 Å². The maximum absolute atomic E-state index is 6.36. The summed E-state index contributed by atoms with van der Waals surface area (Å²) in [4.78, 5) is 6.63. The topological polar surface area (TPSA) is 42.1 Å². The highest BCUT2D eigenvalue weighted by atomic mass is 15.1. The number of hydrogen-bond acceptors (Lipinski definition) is 3. The molecule has 0 saturated carbocycles. The Morgan fingerprint density at radius 3 is 2.67 bits per heavy atom. The van der Waals surface area contributed by atoms with Crippen molar-refractivity contribution >= 4 is 0 Å². The highest BCUT2D eigenvalue weighted by Crippen LogP contribution is 2.17. The molecule has 2 aromatic rings. The highest BCUT2D eigenvalue weighted by molar-refractivity contribution is 5.32. The second-order valence-electron chi connectivity index (χ2n) is 5.80. The SMILES string of the molecule is Cc1ccc(C(N)CN(C)CCc2ccccn2)c(C)c1. The maximum Gasteiger partial charge on any atom is 0.0426 e. The quantitative estimate of drug-likeness (QED) is 0.886. The lowest BCUT2D eigenvalue weighted by Crippen LogP contribution is -2.31. The smallest absolute Gasteiger partial charge is 0.0426 e. The van der Waals surface area contributed by atoms with Crippen LogP contribution in [-0.2, 0) is 6.42 Å². The van der Waals surface area contributed by atoms with Gasteiger partial charge >= 0.3 is 0 Å². The van der Waals surface area contributed by atoms with Crippen molar-refractivity contribution in [1.29, 1.82) is 0 Å². The number of rotatable bonds is 6. The molecule has 0 aliphatic rings. The number of benzene rings is 1. The van der Waals surface area contributed by atoms with E-state index in [9.17, 15) is 0 Å². The van der Waals surface area contributed by atoms with Crippen molar-refractivity contribution in [1.82, 2.24) is 9.88 Å². The Hall–Kier alpha value is -1.71. The minimum atomic E-state index is 0.0549. The molecular formula is C18H25N3. The number of pyridine rings is 1. The molecule has 0 aliphatic carbocycles. The second-order valence-corrected chi connectivity index (χ2v) is 5.80. The van der Waals surface area contributed by atoms with Crippen LogP contribution in [-0.4, -0.2) is 30.0 Å². The van der Waals surface area contributed by atoms with Crippen LogP contribution in [0.5, 0.6) is 0 Å². The Morgan fingerprint density at radius 1 is 1.19 bits per heavy atom. The minimum Gasteiger partial charge on any atom is -0.323 e. The molecule has 0 saturated heterocycles. The number of nitrogens with two attached hydrogens (primary N) is 1. The molecule has 3 heteroatoms. The van der Waals surface area contributed by atoms with Gasteiger partial charge in [0.15, 0.2) is 0 Å². The van der Waals surface area contributed by atoms with Gasteiger partial charge in [0.25, 0.3) is 0 Å². The van der Waals surface area contributed by atoms with Gasteiger partial charge in [0.2, 0.25) is 0 Å². The lowest BCUT2D eigenvalue weighted by molar-refractivity contribution is 0.315. The van der Waals surface area contributed by atoms with Gasteiger partial charge in [-0.1, -0.05) is 29.8 Å². The molecule has 1 unspecified atom stereocenters. The Bertz CT molecular complexity index is 566. The minimum absolute atomic E-state index is 0.0549. The zero-order chi connectivity index (χ0) is 15.2. The molecule has 1 aromatic heterocycles. The summed E-state index contributed by atoms with van der Waals surface area (Å²) in [7, 11) is 2.12. The van der Waals surface area contributed by atoms with Crippen LogP contribution in [0, 0.1) is 13.8 Å². The highest BCUT2D eigenvalue weighted by Gasteiger charge is 2.11. The van der Waals surface area contributed by atoms with E-state index in [1.807, 2.05) is 18.3 Å². The third kappa shape index (κ3) is 4.66. The third-order valence-corrected chi connectivity index (χ3v) is 3.81. The molecule has 0 bridgehead atoms. The van der Waals surface area contributed by atoms with Crippen LogP contribution in [0.15, 0.2) is 42.6 Å². The molecule has 0 fully saturated rings. The van der Waals surface area contributed by atoms with Gasteiger partial charge in [-0.3, -0.25) is 4.98 Å². The molecule has 0 amide bonds. The largest absolute Gasteiger partial charge is 0.323 e. The summed E-state index contributed by atoms with van der Waals surface area (Å²) in [5.74, 6) is 0. The van der Waals surface area contributed by atoms with Crippen molar-refractivity contribution in [3.05, 3.63) is 65.0 Å². The number of aromatic nitrogens is 1. The van der Waals surface area contributed by atoms with E-state index >= 15 is 0 Å². The second kappa shape index (κ2) is 7.34. The summed E-state index contributed by atoms with van der Waals surface area (Å²) < 4.78 is 0. The fourth-order valence-electron chi connectivity index (χ4n) is 2.62. The van der Waals surface area contributed by atoms with Gasteiger partial charge in [0.1, 0.15) is 0 Å². The molecule has 1 atom stereocenters. The molecule has 0 radical (unpaired) electrons. The maximum atomic E-state index is 6.36. The van der Waals surface area contributed by atoms with Gasteiger partial charge in [-0.15, -0.1) is 0 Å². The first-order valence-electron chi connectivity index (χ1n) is 7.47. The zero-order valence-electron chi connectivity index (χ0n) is 13.2. The van der Waals surface area contributed by atoms with Crippen LogP contribution in [0.25, 0.3) is 0 Å². The van der Waals surface area contributed by atoms with Crippen LogP contribution >= 0.6 is 0 Å². The van der Waals surface area contributed by atoms with Crippen molar-refractivity contribution in [2.75, 3.05) is 20.1 Å². The number of nitrogens with zero attached hydrogens (tertiary/aromatic N) is 2. The number of likely N-dealkylation sites (N-methyl/N-ethyl adjacent to an activating group) is 1. The number of hydrogen-bond donors (Lipinski definition) is 1. The van der Waals surface area contributed by atoms with E-state index in [2.05, 4.69) is 55.0 Å². The molecule has 2 rings (SSSR count). The fraction of sp³-hybridized carbons (Fsp3) is 0.389. The average Bonchev–Trinajstić information content (AvgIpc) is 2.46. The summed E-state index contributed by atoms with van der Waals surface area (Å²) in [6.45, 7) is 6.07. The lowest BCUT2D eigenvalue weighted by atomic mass is 9.99. The van der Waals surface area contributed by atoms with Crippen LogP contribution < -0.4 is 5.73 Å². The van der Waals surface area contributed by atoms with E-state index in [0.29, 0.717) is 0 Å². The Labute approximate surface area is 127 Å². The van der Waals surface area contributed by atoms with Crippen molar-refractivity contribution in [2.45, 2.75) is 26.3 Å². The Morgan fingerprint density at radius 2 is 2.00 bits per heavy atom. The average molecular weight is 283 g/mol. The summed E-state index contributed by atoms with van der Waals surface area (Å²) >= 11 is 0. The van der Waals surface area contributed by atoms with E-state index in [1.54, 1.807) is 0 Å². The molecule has 2 N–H and O–H groups in total. The Kier molecular flexibility index (Phi) is 5.48. The first-order chi connectivity index (χ1) is 10.1. The summed E-state index contributed by atoms with van der Waals surface area (Å²) in [5, 5.41) is 0. The third-order valence-electron chi connectivity index (χ3n) is 3.81. The zero-order valence-corrected chi connectivity index (χ0v) is 13.2.